The molecule has 0 spiro atoms. The molecule has 138 heavy (non-hydrogen) atoms. The molecule has 7 fully saturated rings. The van der Waals surface area contributed by atoms with Crippen molar-refractivity contribution in [1.29, 1.82) is 0 Å². The number of aliphatic hydroxyl groups is 1. The third-order valence-corrected chi connectivity index (χ3v) is 51.6. The Morgan fingerprint density at radius 3 is 1.67 bits per heavy atom. The van der Waals surface area contributed by atoms with Gasteiger partial charge >= 0.3 is 96.1 Å². The number of nitrogens with one attached hydrogen (secondary N) is 4. The van der Waals surface area contributed by atoms with E-state index in [1.807, 2.05) is 30.3 Å². The summed E-state index contributed by atoms with van der Waals surface area (Å²) >= 11 is 0. The highest BCUT2D eigenvalue weighted by Gasteiger charge is 2.62. The number of hydrogen-bond donors (Lipinski definition) is 11. The number of carbonyl (C=O) groups is 1. The van der Waals surface area contributed by atoms with Crippen LogP contribution >= 0.6 is 23.5 Å². The molecule has 16 rings (SSSR count). The third-order valence-electron chi connectivity index (χ3n) is 22.9. The second-order valence-electron chi connectivity index (χ2n) is 31.8. The number of carbonyl (C=O) groups excluding carboxylic acids is 1. The molecule has 14 unspecified atom stereocenters. The van der Waals surface area contributed by atoms with E-state index in [9.17, 15) is 33.6 Å². The van der Waals surface area contributed by atoms with Crippen LogP contribution in [-0.2, 0) is 125 Å². The number of H-pyrrole nitrogens is 2. The Bertz CT molecular complexity index is 6120. The number of methoxy groups -OCH3 is 1. The average molecular weight is 2130 g/mol. The minimum absolute atomic E-state index is 0.0319. The van der Waals surface area contributed by atoms with Gasteiger partial charge in [-0.05, 0) is 79.6 Å². The lowest BCUT2D eigenvalue weighted by Crippen LogP contribution is -2.70. The summed E-state index contributed by atoms with van der Waals surface area (Å²) in [4.78, 5) is 96.1. The molecular formula is C72H105N20O35P3Si8. The Kier molecular flexibility index (Phi) is 33.5. The van der Waals surface area contributed by atoms with Crippen LogP contribution in [0.3, 0.4) is 0 Å². The maximum Gasteiger partial charge on any atom is 0.478 e. The van der Waals surface area contributed by atoms with Crippen LogP contribution in [0.4, 0.5) is 22.4 Å². The van der Waals surface area contributed by atoms with Gasteiger partial charge in [0.1, 0.15) is 102 Å². The first-order chi connectivity index (χ1) is 66.5. The van der Waals surface area contributed by atoms with E-state index in [0.29, 0.717) is 40.8 Å². The molecule has 9 aromatic rings. The van der Waals surface area contributed by atoms with Crippen molar-refractivity contribution in [1.82, 2.24) is 68.8 Å². The number of hydrogen-bond acceptors (Lipinski definition) is 47. The SMILES string of the molecule is COc1ccc(C(OC[C@H]2O[C@@H](n3cc(C)c(=O)[nH]c3=O)CC2OP(=O)(OC)OC[C@H]2O[C@@H](n3cnc4c(=O)[nH]c(N)nc43)CC2OP(=O)(OC)OC[C@H]2O[C@@H](n3cnc4c(N)ncnc43)CC2OP(=O)(OC)OC[C@H]2O[C@@H](n3ccc(N)nc3=O)CC2O)(c2ccccc2)c2ccc(OCNC(=O)NCC[SiH]3O[SiH2]O[SiH]4O[SiH]5O[SiH2]O[SiH](CCN)O[Si](CCN)(O5)O[Si](CCN)(O3)O4)cc2)cc1. The molecule has 7 aliphatic heterocycles. The Morgan fingerprint density at radius 2 is 1.11 bits per heavy atom. The Hall–Kier alpha value is -8.30. The number of aromatic nitrogens is 12. The summed E-state index contributed by atoms with van der Waals surface area (Å²) in [6, 6.07) is 24.8. The Morgan fingerprint density at radius 1 is 0.580 bits per heavy atom. The molecule has 22 atom stereocenters. The first-order valence-electron chi connectivity index (χ1n) is 43.3. The summed E-state index contributed by atoms with van der Waals surface area (Å²) < 4.78 is 214. The van der Waals surface area contributed by atoms with Crippen LogP contribution in [0.5, 0.6) is 11.5 Å². The monoisotopic (exact) mass is 2130 g/mol. The summed E-state index contributed by atoms with van der Waals surface area (Å²) in [6.45, 7) is -0.827. The van der Waals surface area contributed by atoms with Gasteiger partial charge in [-0.1, -0.05) is 54.6 Å². The fraction of sp³-hybridized carbons (Fsp3) is 0.486. The number of amides is 2. The molecule has 0 aliphatic carbocycles. The number of rotatable bonds is 41. The second kappa shape index (κ2) is 45.1. The van der Waals surface area contributed by atoms with Crippen molar-refractivity contribution >= 4 is 145 Å². The van der Waals surface area contributed by atoms with Crippen LogP contribution in [0, 0.1) is 6.92 Å². The van der Waals surface area contributed by atoms with Crippen molar-refractivity contribution in [2.75, 3.05) is 105 Å². The van der Waals surface area contributed by atoms with Crippen molar-refractivity contribution in [3.05, 3.63) is 180 Å². The summed E-state index contributed by atoms with van der Waals surface area (Å²) in [5.41, 5.74) is 33.6. The molecule has 7 saturated heterocycles. The summed E-state index contributed by atoms with van der Waals surface area (Å²) in [5, 5.41) is 16.7. The second-order valence-corrected chi connectivity index (χ2v) is 56.2. The number of urea groups is 1. The van der Waals surface area contributed by atoms with Gasteiger partial charge in [-0.15, -0.1) is 0 Å². The number of phosphoric ester groups is 3. The van der Waals surface area contributed by atoms with E-state index < -0.39 is 233 Å². The third kappa shape index (κ3) is 23.8. The number of fused-ring (bicyclic) bond motifs is 6. The van der Waals surface area contributed by atoms with Crippen molar-refractivity contribution in [2.45, 2.75) is 136 Å². The molecule has 750 valence electrons. The Balaban J connectivity index is 0.624. The van der Waals surface area contributed by atoms with Crippen molar-refractivity contribution in [3.8, 4) is 11.5 Å². The maximum absolute atomic E-state index is 15.7. The van der Waals surface area contributed by atoms with Gasteiger partial charge in [0.05, 0.1) is 52.3 Å². The van der Waals surface area contributed by atoms with E-state index in [2.05, 4.69) is 50.5 Å². The van der Waals surface area contributed by atoms with E-state index in [1.54, 1.807) is 48.5 Å². The van der Waals surface area contributed by atoms with Gasteiger partial charge in [0.15, 0.2) is 29.4 Å². The summed E-state index contributed by atoms with van der Waals surface area (Å²) in [6.07, 6.45) is -9.98. The smallest absolute Gasteiger partial charge is 0.478 e. The van der Waals surface area contributed by atoms with Gasteiger partial charge in [-0.2, -0.15) is 9.97 Å². The lowest BCUT2D eigenvalue weighted by atomic mass is 9.80. The maximum atomic E-state index is 15.7. The van der Waals surface area contributed by atoms with Crippen LogP contribution in [0.1, 0.15) is 72.8 Å². The molecule has 7 aliphatic rings. The fourth-order valence-electron chi connectivity index (χ4n) is 16.2. The highest BCUT2D eigenvalue weighted by atomic mass is 31.2. The number of aryl methyl sites for hydroxylation is 1. The zero-order chi connectivity index (χ0) is 97.3. The molecule has 4 bridgehead atoms. The van der Waals surface area contributed by atoms with Gasteiger partial charge in [0.2, 0.25) is 5.95 Å². The average Bonchev–Trinajstić information content (AvgIpc) is 0.859. The van der Waals surface area contributed by atoms with E-state index in [1.165, 1.54) is 60.6 Å². The van der Waals surface area contributed by atoms with E-state index in [4.69, 9.17) is 149 Å². The van der Waals surface area contributed by atoms with E-state index in [-0.39, 0.29) is 116 Å². The fourth-order valence-corrected chi connectivity index (χ4v) is 49.2. The molecule has 2 amide bonds. The number of phosphoric acid groups is 3. The van der Waals surface area contributed by atoms with Gasteiger partial charge in [-0.25, -0.2) is 48.0 Å². The van der Waals surface area contributed by atoms with E-state index in [0.717, 1.165) is 30.5 Å². The highest BCUT2D eigenvalue weighted by Crippen LogP contribution is 2.58. The zero-order valence-electron chi connectivity index (χ0n) is 74.7. The van der Waals surface area contributed by atoms with Crippen LogP contribution in [0.2, 0.25) is 24.2 Å². The number of benzene rings is 3. The molecule has 3 aromatic carbocycles. The number of nitrogens with two attached hydrogens (primary N) is 6. The van der Waals surface area contributed by atoms with Crippen molar-refractivity contribution in [2.24, 2.45) is 17.2 Å². The van der Waals surface area contributed by atoms with E-state index >= 15 is 9.13 Å². The number of nitrogens with zero attached hydrogens (tertiary/aromatic N) is 10. The number of aromatic amines is 2. The van der Waals surface area contributed by atoms with Crippen LogP contribution in [0.15, 0.2) is 135 Å². The normalized spacial score (nSPS) is 28.9. The number of imidazole rings is 2. The minimum Gasteiger partial charge on any atom is -0.497 e. The van der Waals surface area contributed by atoms with Crippen LogP contribution < -0.4 is 77.0 Å². The molecular weight excluding hydrogens is 2020 g/mol. The lowest BCUT2D eigenvalue weighted by Gasteiger charge is -2.47. The van der Waals surface area contributed by atoms with Crippen molar-refractivity contribution < 1.29 is 139 Å². The molecule has 6 aromatic heterocycles. The largest absolute Gasteiger partial charge is 0.497 e. The van der Waals surface area contributed by atoms with Gasteiger partial charge in [-0.3, -0.25) is 78.5 Å². The van der Waals surface area contributed by atoms with Crippen molar-refractivity contribution in [3.63, 3.8) is 0 Å². The summed E-state index contributed by atoms with van der Waals surface area (Å²) in [7, 11) is -32.3. The number of aliphatic hydroxyl groups excluding tert-OH is 1. The minimum atomic E-state index is -5.01. The van der Waals surface area contributed by atoms with Gasteiger partial charge in [0, 0.05) is 89.6 Å². The molecule has 17 N–H and O–H groups in total. The first-order valence-corrected chi connectivity index (χ1v) is 60.2. The first kappa shape index (κ1) is 103. The van der Waals surface area contributed by atoms with Gasteiger partial charge < -0.3 is 124 Å². The van der Waals surface area contributed by atoms with Gasteiger partial charge in [0.25, 0.3) is 31.1 Å². The molecule has 0 saturated carbocycles. The Labute approximate surface area is 797 Å². The van der Waals surface area contributed by atoms with Crippen LogP contribution in [0.25, 0.3) is 22.3 Å². The quantitative estimate of drug-likeness (QED) is 0.00879. The highest BCUT2D eigenvalue weighted by molar-refractivity contribution is 7.49. The molecule has 0 radical (unpaired) electrons. The van der Waals surface area contributed by atoms with Crippen LogP contribution in [-0.4, -0.2) is 281 Å². The molecule has 66 heteroatoms. The zero-order valence-corrected chi connectivity index (χ0v) is 86.9. The summed E-state index contributed by atoms with van der Waals surface area (Å²) in [5.74, 6) is 0.505. The number of nitrogen functional groups attached to an aromatic ring is 3. The predicted octanol–water partition coefficient (Wildman–Crippen LogP) is -1.71. The number of anilines is 3. The lowest BCUT2D eigenvalue weighted by molar-refractivity contribution is -0.0956. The predicted molar refractivity (Wildman–Crippen MR) is 496 cm³/mol. The molecule has 13 heterocycles. The molecule has 55 nitrogen and oxygen atoms in total. The number of ether oxygens (including phenoxy) is 7. The topological polar surface area (TPSA) is 706 Å². The standard InChI is InChI=1S/C72H105N20O35P3Si8/c1-42-33-90(71(98)88-66(42)94)58-30-49(53(112-58)34-107-72(43-9-7-6-8-10-43,44-11-15-46(102-2)16-12-44)45-13-17-47(18-14-45)106-41-84-69(96)79-23-26-134-119-132-121-136-122-135-120-131-118-133(25-20-73)123-137(125-135,27-21-74)127-138(124-134,126-136)28-22-75)115-129(100,104-4)109-37-55-51(32-60(114-55)92-40-83-62-65(92)86-68(78)87-67(62)95)117-130(101,105-5)110-36-54-50(31-59(113-54)91-39-82-61-63(77)80-38-81-64(61)91)116-128(99,103-3)108-35-52-48(93)29-57(111-52)89-24-19-56(76)85-70(89)97/h6-19,24,33,38-40,48-55,57-60,93,133-136H,20-23,25-32,34-37,41,73-75,131-132H2,1-5H3,(H2,76,85,97)(H2,77,80,81)(H2,79,84,96)(H,88,94,98)(H3,78,86,87,95)/t48?,49?,50?,51?,52-,53-,54-,55-,57-,58-,59-,60-,72?,128?,129?,130?,133?,134?,135?,136?,137?,138?/m1/s1.